The van der Waals surface area contributed by atoms with Crippen LogP contribution < -0.4 is 5.56 Å². The number of nitrogens with zero attached hydrogens (tertiary/aromatic N) is 4. The van der Waals surface area contributed by atoms with E-state index in [9.17, 15) is 4.79 Å². The van der Waals surface area contributed by atoms with Crippen LogP contribution in [0.5, 0.6) is 0 Å². The molecule has 0 N–H and O–H groups in total. The van der Waals surface area contributed by atoms with Crippen LogP contribution in [-0.2, 0) is 18.6 Å². The average molecular weight is 461 g/mol. The molecule has 1 aliphatic carbocycles. The molecule has 3 aromatic heterocycles. The van der Waals surface area contributed by atoms with E-state index in [0.717, 1.165) is 40.9 Å². The maximum Gasteiger partial charge on any atom is 0.267 e. The summed E-state index contributed by atoms with van der Waals surface area (Å²) < 4.78 is 6.20. The standard InChI is InChI=1S/C20H17ClN4OS3/c1-11-7-8-13-15(9-11)28-18-16(13)19(26)25(12-5-3-2-4-6-12)20(22-18)27-10-14-17(21)29-24-23-14/h2-6,11H,7-10H2,1H3. The molecule has 0 bridgehead atoms. The minimum atomic E-state index is 0.0123. The highest BCUT2D eigenvalue weighted by molar-refractivity contribution is 7.98. The number of fused-ring (bicyclic) bond motifs is 3. The van der Waals surface area contributed by atoms with E-state index in [1.165, 1.54) is 33.7 Å². The van der Waals surface area contributed by atoms with Gasteiger partial charge in [-0.1, -0.05) is 53.0 Å². The summed E-state index contributed by atoms with van der Waals surface area (Å²) >= 11 is 10.5. The molecule has 0 fully saturated rings. The number of hydrogen-bond acceptors (Lipinski definition) is 7. The second-order valence-electron chi connectivity index (χ2n) is 7.18. The number of rotatable bonds is 4. The molecule has 0 aliphatic heterocycles. The lowest BCUT2D eigenvalue weighted by Gasteiger charge is -2.17. The van der Waals surface area contributed by atoms with Gasteiger partial charge >= 0.3 is 0 Å². The molecule has 0 radical (unpaired) electrons. The van der Waals surface area contributed by atoms with Crippen molar-refractivity contribution in [1.29, 1.82) is 0 Å². The highest BCUT2D eigenvalue weighted by atomic mass is 35.5. The zero-order valence-corrected chi connectivity index (χ0v) is 18.8. The van der Waals surface area contributed by atoms with Gasteiger partial charge in [-0.2, -0.15) is 0 Å². The molecule has 3 heterocycles. The molecule has 29 heavy (non-hydrogen) atoms. The predicted octanol–water partition coefficient (Wildman–Crippen LogP) is 5.37. The second-order valence-corrected chi connectivity index (χ2v) is 10.6. The van der Waals surface area contributed by atoms with Crippen molar-refractivity contribution < 1.29 is 0 Å². The number of aromatic nitrogens is 4. The Morgan fingerprint density at radius 3 is 2.90 bits per heavy atom. The van der Waals surface area contributed by atoms with Crippen molar-refractivity contribution in [3.05, 3.63) is 61.2 Å². The molecular formula is C20H17ClN4OS3. The molecule has 0 amide bonds. The zero-order valence-electron chi connectivity index (χ0n) is 15.6. The SMILES string of the molecule is CC1CCc2c(sc3nc(SCc4nnsc4Cl)n(-c4ccccc4)c(=O)c23)C1. The Morgan fingerprint density at radius 1 is 1.31 bits per heavy atom. The van der Waals surface area contributed by atoms with Crippen molar-refractivity contribution in [1.82, 2.24) is 19.1 Å². The topological polar surface area (TPSA) is 60.7 Å². The summed E-state index contributed by atoms with van der Waals surface area (Å²) in [5.41, 5.74) is 2.75. The summed E-state index contributed by atoms with van der Waals surface area (Å²) in [5.74, 6) is 1.17. The van der Waals surface area contributed by atoms with Crippen LogP contribution in [0.1, 0.15) is 29.5 Å². The van der Waals surface area contributed by atoms with Gasteiger partial charge in [0.2, 0.25) is 0 Å². The highest BCUT2D eigenvalue weighted by Crippen LogP contribution is 2.37. The van der Waals surface area contributed by atoms with E-state index in [4.69, 9.17) is 16.6 Å². The van der Waals surface area contributed by atoms with Crippen LogP contribution in [0, 0.1) is 5.92 Å². The molecule has 9 heteroatoms. The number of benzene rings is 1. The van der Waals surface area contributed by atoms with Gasteiger partial charge in [-0.05, 0) is 42.9 Å². The van der Waals surface area contributed by atoms with E-state index in [1.807, 2.05) is 30.3 Å². The quantitative estimate of drug-likeness (QED) is 0.302. The Balaban J connectivity index is 1.68. The fourth-order valence-corrected chi connectivity index (χ4v) is 6.86. The predicted molar refractivity (Wildman–Crippen MR) is 121 cm³/mol. The van der Waals surface area contributed by atoms with Gasteiger partial charge in [0.15, 0.2) is 5.16 Å². The van der Waals surface area contributed by atoms with E-state index in [-0.39, 0.29) is 5.56 Å². The van der Waals surface area contributed by atoms with Gasteiger partial charge in [0.05, 0.1) is 11.1 Å². The third-order valence-corrected chi connectivity index (χ3v) is 8.24. The second kappa shape index (κ2) is 7.83. The summed E-state index contributed by atoms with van der Waals surface area (Å²) in [6.07, 6.45) is 3.11. The first-order valence-corrected chi connectivity index (χ1v) is 12.3. The molecule has 0 saturated heterocycles. The fourth-order valence-electron chi connectivity index (χ4n) is 3.69. The van der Waals surface area contributed by atoms with E-state index in [1.54, 1.807) is 15.9 Å². The molecule has 1 aromatic carbocycles. The van der Waals surface area contributed by atoms with Crippen LogP contribution in [0.2, 0.25) is 4.34 Å². The third-order valence-electron chi connectivity index (χ3n) is 5.16. The maximum atomic E-state index is 13.7. The highest BCUT2D eigenvalue weighted by Gasteiger charge is 2.25. The molecule has 1 atom stereocenters. The van der Waals surface area contributed by atoms with Crippen LogP contribution in [0.4, 0.5) is 0 Å². The first-order valence-electron chi connectivity index (χ1n) is 9.34. The van der Waals surface area contributed by atoms with E-state index in [2.05, 4.69) is 16.5 Å². The lowest BCUT2D eigenvalue weighted by atomic mass is 9.89. The largest absolute Gasteiger partial charge is 0.268 e. The molecular weight excluding hydrogens is 444 g/mol. The van der Waals surface area contributed by atoms with Gasteiger partial charge in [0.25, 0.3) is 5.56 Å². The lowest BCUT2D eigenvalue weighted by molar-refractivity contribution is 0.509. The van der Waals surface area contributed by atoms with Gasteiger partial charge in [-0.3, -0.25) is 9.36 Å². The Bertz CT molecular complexity index is 1250. The van der Waals surface area contributed by atoms with Crippen molar-refractivity contribution in [3.63, 3.8) is 0 Å². The number of para-hydroxylation sites is 1. The van der Waals surface area contributed by atoms with Gasteiger partial charge in [0, 0.05) is 22.2 Å². The molecule has 0 saturated carbocycles. The molecule has 0 spiro atoms. The number of aryl methyl sites for hydroxylation is 1. The third kappa shape index (κ3) is 3.52. The van der Waals surface area contributed by atoms with Gasteiger partial charge in [-0.25, -0.2) is 4.98 Å². The number of thioether (sulfide) groups is 1. The van der Waals surface area contributed by atoms with Gasteiger partial charge < -0.3 is 0 Å². The fraction of sp³-hybridized carbons (Fsp3) is 0.300. The molecule has 148 valence electrons. The molecule has 4 aromatic rings. The van der Waals surface area contributed by atoms with E-state index < -0.39 is 0 Å². The van der Waals surface area contributed by atoms with Crippen LogP contribution in [-0.4, -0.2) is 19.1 Å². The molecule has 5 rings (SSSR count). The van der Waals surface area contributed by atoms with Crippen LogP contribution in [0.3, 0.4) is 0 Å². The zero-order chi connectivity index (χ0) is 20.0. The summed E-state index contributed by atoms with van der Waals surface area (Å²) in [4.78, 5) is 20.7. The summed E-state index contributed by atoms with van der Waals surface area (Å²) in [6, 6.07) is 9.70. The molecule has 1 unspecified atom stereocenters. The summed E-state index contributed by atoms with van der Waals surface area (Å²) in [7, 11) is 0. The maximum absolute atomic E-state index is 13.7. The van der Waals surface area contributed by atoms with Crippen LogP contribution in [0.15, 0.2) is 40.3 Å². The van der Waals surface area contributed by atoms with Crippen molar-refractivity contribution >= 4 is 56.4 Å². The minimum Gasteiger partial charge on any atom is -0.268 e. The molecule has 5 nitrogen and oxygen atoms in total. The van der Waals surface area contributed by atoms with E-state index >= 15 is 0 Å². The Labute approximate surface area is 184 Å². The first kappa shape index (κ1) is 19.2. The van der Waals surface area contributed by atoms with Gasteiger partial charge in [-0.15, -0.1) is 16.4 Å². The molecule has 1 aliphatic rings. The van der Waals surface area contributed by atoms with Crippen LogP contribution >= 0.6 is 46.2 Å². The first-order chi connectivity index (χ1) is 14.1. The Hall–Kier alpha value is -1.74. The minimum absolute atomic E-state index is 0.0123. The number of thiophene rings is 1. The van der Waals surface area contributed by atoms with Crippen molar-refractivity contribution in [2.24, 2.45) is 5.92 Å². The number of halogens is 1. The monoisotopic (exact) mass is 460 g/mol. The number of hydrogen-bond donors (Lipinski definition) is 0. The van der Waals surface area contributed by atoms with Crippen LogP contribution in [0.25, 0.3) is 15.9 Å². The smallest absolute Gasteiger partial charge is 0.267 e. The average Bonchev–Trinajstić information content (AvgIpc) is 3.29. The Kier molecular flexibility index (Phi) is 5.19. The van der Waals surface area contributed by atoms with Crippen molar-refractivity contribution in [2.45, 2.75) is 37.1 Å². The lowest BCUT2D eigenvalue weighted by Crippen LogP contribution is -2.22. The van der Waals surface area contributed by atoms with E-state index in [0.29, 0.717) is 21.2 Å². The van der Waals surface area contributed by atoms with Crippen molar-refractivity contribution in [3.8, 4) is 5.69 Å². The Morgan fingerprint density at radius 2 is 2.14 bits per heavy atom. The summed E-state index contributed by atoms with van der Waals surface area (Å²) in [6.45, 7) is 2.27. The van der Waals surface area contributed by atoms with Crippen molar-refractivity contribution in [2.75, 3.05) is 0 Å². The normalized spacial score (nSPS) is 16.3. The summed E-state index contributed by atoms with van der Waals surface area (Å²) in [5, 5.41) is 5.53. The van der Waals surface area contributed by atoms with Gasteiger partial charge in [0.1, 0.15) is 14.9 Å².